The molecule has 0 unspecified atom stereocenters. The summed E-state index contributed by atoms with van der Waals surface area (Å²) >= 11 is 5.76. The molecule has 2 N–H and O–H groups in total. The second-order valence-electron chi connectivity index (χ2n) is 5.24. The number of nitrogens with zero attached hydrogens (tertiary/aromatic N) is 4. The summed E-state index contributed by atoms with van der Waals surface area (Å²) in [6, 6.07) is 10.2. The van der Waals surface area contributed by atoms with Crippen molar-refractivity contribution in [2.45, 2.75) is 6.54 Å². The molecular formula is C16H12ClN5O4. The number of anilines is 1. The molecule has 2 heterocycles. The first-order valence-corrected chi connectivity index (χ1v) is 7.73. The fourth-order valence-corrected chi connectivity index (χ4v) is 2.55. The van der Waals surface area contributed by atoms with Crippen molar-refractivity contribution in [3.8, 4) is 0 Å². The van der Waals surface area contributed by atoms with Crippen molar-refractivity contribution < 1.29 is 14.8 Å². The SMILES string of the molecule is O=C(O)N(NCc1ccc2ncccc2c1)c1cc(Cl)ncc1[N+](=O)[O-]. The number of rotatable bonds is 5. The second-order valence-corrected chi connectivity index (χ2v) is 5.62. The van der Waals surface area contributed by atoms with Crippen molar-refractivity contribution in [2.24, 2.45) is 0 Å². The molecule has 1 amide bonds. The Morgan fingerprint density at radius 1 is 1.31 bits per heavy atom. The Hall–Kier alpha value is -3.30. The third-order valence-corrected chi connectivity index (χ3v) is 3.77. The van der Waals surface area contributed by atoms with Gasteiger partial charge in [0.1, 0.15) is 17.0 Å². The minimum absolute atomic E-state index is 0.0598. The average molecular weight is 374 g/mol. The highest BCUT2D eigenvalue weighted by Crippen LogP contribution is 2.28. The third kappa shape index (κ3) is 3.68. The molecule has 0 aliphatic rings. The molecule has 0 saturated carbocycles. The van der Waals surface area contributed by atoms with Crippen molar-refractivity contribution in [1.29, 1.82) is 0 Å². The van der Waals surface area contributed by atoms with Gasteiger partial charge in [0, 0.05) is 24.2 Å². The maximum absolute atomic E-state index is 11.6. The molecule has 0 atom stereocenters. The molecule has 132 valence electrons. The number of amides is 1. The molecule has 10 heteroatoms. The number of hydrogen-bond donors (Lipinski definition) is 2. The number of pyridine rings is 2. The fraction of sp³-hybridized carbons (Fsp3) is 0.0625. The van der Waals surface area contributed by atoms with Gasteiger partial charge in [-0.2, -0.15) is 0 Å². The zero-order chi connectivity index (χ0) is 18.7. The van der Waals surface area contributed by atoms with E-state index in [1.807, 2.05) is 18.2 Å². The highest BCUT2D eigenvalue weighted by atomic mass is 35.5. The van der Waals surface area contributed by atoms with E-state index in [1.54, 1.807) is 18.3 Å². The quantitative estimate of drug-likeness (QED) is 0.399. The van der Waals surface area contributed by atoms with E-state index in [9.17, 15) is 20.0 Å². The van der Waals surface area contributed by atoms with Crippen LogP contribution >= 0.6 is 11.6 Å². The number of carbonyl (C=O) groups is 1. The third-order valence-electron chi connectivity index (χ3n) is 3.57. The largest absolute Gasteiger partial charge is 0.464 e. The monoisotopic (exact) mass is 373 g/mol. The van der Waals surface area contributed by atoms with Crippen LogP contribution in [0.5, 0.6) is 0 Å². The second kappa shape index (κ2) is 7.30. The number of hydrazine groups is 1. The molecule has 26 heavy (non-hydrogen) atoms. The van der Waals surface area contributed by atoms with Crippen LogP contribution in [0.2, 0.25) is 5.15 Å². The van der Waals surface area contributed by atoms with Gasteiger partial charge in [-0.3, -0.25) is 15.1 Å². The minimum atomic E-state index is -1.42. The van der Waals surface area contributed by atoms with Crippen LogP contribution in [0, 0.1) is 10.1 Å². The van der Waals surface area contributed by atoms with Gasteiger partial charge < -0.3 is 5.11 Å². The Balaban J connectivity index is 1.88. The summed E-state index contributed by atoms with van der Waals surface area (Å²) in [5, 5.41) is 22.1. The van der Waals surface area contributed by atoms with Crippen LogP contribution in [0.4, 0.5) is 16.2 Å². The van der Waals surface area contributed by atoms with Crippen LogP contribution in [0.1, 0.15) is 5.56 Å². The fourth-order valence-electron chi connectivity index (χ4n) is 2.39. The Morgan fingerprint density at radius 3 is 2.85 bits per heavy atom. The van der Waals surface area contributed by atoms with Gasteiger partial charge in [-0.15, -0.1) is 0 Å². The zero-order valence-electron chi connectivity index (χ0n) is 13.2. The first-order valence-electron chi connectivity index (χ1n) is 7.36. The summed E-state index contributed by atoms with van der Waals surface area (Å²) in [6.45, 7) is 0.119. The van der Waals surface area contributed by atoms with Crippen LogP contribution < -0.4 is 10.4 Å². The standard InChI is InChI=1S/C16H12ClN5O4/c17-15-7-13(14(9-19-15)22(25)26)21(16(23)24)20-8-10-3-4-12-11(6-10)2-1-5-18-12/h1-7,9,20H,8H2,(H,23,24). The number of benzene rings is 1. The van der Waals surface area contributed by atoms with Crippen LogP contribution in [-0.4, -0.2) is 26.1 Å². The van der Waals surface area contributed by atoms with Crippen LogP contribution in [-0.2, 0) is 6.54 Å². The molecule has 3 rings (SSSR count). The van der Waals surface area contributed by atoms with Crippen molar-refractivity contribution in [3.63, 3.8) is 0 Å². The summed E-state index contributed by atoms with van der Waals surface area (Å²) in [5.41, 5.74) is 3.55. The number of aromatic nitrogens is 2. The van der Waals surface area contributed by atoms with E-state index in [2.05, 4.69) is 15.4 Å². The van der Waals surface area contributed by atoms with Crippen molar-refractivity contribution in [1.82, 2.24) is 15.4 Å². The topological polar surface area (TPSA) is 121 Å². The van der Waals surface area contributed by atoms with E-state index in [0.29, 0.717) is 5.01 Å². The number of fused-ring (bicyclic) bond motifs is 1. The number of nitro groups is 1. The first kappa shape index (κ1) is 17.5. The van der Waals surface area contributed by atoms with Gasteiger partial charge in [0.25, 0.3) is 0 Å². The molecule has 0 bridgehead atoms. The van der Waals surface area contributed by atoms with Crippen LogP contribution in [0.3, 0.4) is 0 Å². The first-order chi connectivity index (χ1) is 12.5. The lowest BCUT2D eigenvalue weighted by Gasteiger charge is -2.20. The highest BCUT2D eigenvalue weighted by Gasteiger charge is 2.25. The molecule has 0 aliphatic heterocycles. The summed E-state index contributed by atoms with van der Waals surface area (Å²) in [4.78, 5) is 29.8. The maximum Gasteiger partial charge on any atom is 0.426 e. The Morgan fingerprint density at radius 2 is 2.12 bits per heavy atom. The molecule has 0 fully saturated rings. The lowest BCUT2D eigenvalue weighted by Crippen LogP contribution is -2.42. The van der Waals surface area contributed by atoms with E-state index < -0.39 is 16.7 Å². The van der Waals surface area contributed by atoms with Gasteiger partial charge >= 0.3 is 11.8 Å². The molecule has 1 aromatic carbocycles. The molecular weight excluding hydrogens is 362 g/mol. The number of hydrogen-bond acceptors (Lipinski definition) is 6. The Labute approximate surface area is 152 Å². The minimum Gasteiger partial charge on any atom is -0.464 e. The lowest BCUT2D eigenvalue weighted by atomic mass is 10.1. The average Bonchev–Trinajstić information content (AvgIpc) is 2.61. The van der Waals surface area contributed by atoms with E-state index in [0.717, 1.165) is 28.7 Å². The number of halogens is 1. The van der Waals surface area contributed by atoms with E-state index in [-0.39, 0.29) is 17.4 Å². The van der Waals surface area contributed by atoms with Gasteiger partial charge in [-0.25, -0.2) is 20.2 Å². The molecule has 2 aromatic heterocycles. The van der Waals surface area contributed by atoms with Gasteiger partial charge in [0.2, 0.25) is 0 Å². The number of carboxylic acid groups (broad SMARTS) is 1. The van der Waals surface area contributed by atoms with Crippen LogP contribution in [0.15, 0.2) is 48.8 Å². The Kier molecular flexibility index (Phi) is 4.92. The molecule has 9 nitrogen and oxygen atoms in total. The number of nitrogens with one attached hydrogen (secondary N) is 1. The van der Waals surface area contributed by atoms with E-state index >= 15 is 0 Å². The summed E-state index contributed by atoms with van der Waals surface area (Å²) in [6.07, 6.45) is 1.17. The van der Waals surface area contributed by atoms with Crippen molar-refractivity contribution in [2.75, 3.05) is 5.01 Å². The van der Waals surface area contributed by atoms with Gasteiger partial charge in [0.05, 0.1) is 10.4 Å². The molecule has 3 aromatic rings. The Bertz CT molecular complexity index is 997. The van der Waals surface area contributed by atoms with Crippen molar-refractivity contribution >= 4 is 40.0 Å². The highest BCUT2D eigenvalue weighted by molar-refractivity contribution is 6.29. The lowest BCUT2D eigenvalue weighted by molar-refractivity contribution is -0.384. The summed E-state index contributed by atoms with van der Waals surface area (Å²) in [5.74, 6) is 0. The molecule has 0 saturated heterocycles. The normalized spacial score (nSPS) is 10.7. The van der Waals surface area contributed by atoms with E-state index in [4.69, 9.17) is 11.6 Å². The van der Waals surface area contributed by atoms with Gasteiger partial charge in [-0.1, -0.05) is 23.7 Å². The molecule has 0 spiro atoms. The van der Waals surface area contributed by atoms with Crippen molar-refractivity contribution in [3.05, 3.63) is 69.6 Å². The maximum atomic E-state index is 11.6. The summed E-state index contributed by atoms with van der Waals surface area (Å²) in [7, 11) is 0. The van der Waals surface area contributed by atoms with E-state index in [1.165, 1.54) is 0 Å². The van der Waals surface area contributed by atoms with Gasteiger partial charge in [-0.05, 0) is 23.8 Å². The molecule has 0 aliphatic carbocycles. The zero-order valence-corrected chi connectivity index (χ0v) is 13.9. The smallest absolute Gasteiger partial charge is 0.426 e. The van der Waals surface area contributed by atoms with Gasteiger partial charge in [0.15, 0.2) is 0 Å². The predicted molar refractivity (Wildman–Crippen MR) is 95.0 cm³/mol. The van der Waals surface area contributed by atoms with Crippen LogP contribution in [0.25, 0.3) is 10.9 Å². The summed E-state index contributed by atoms with van der Waals surface area (Å²) < 4.78 is 0. The molecule has 0 radical (unpaired) electrons. The predicted octanol–water partition coefficient (Wildman–Crippen LogP) is 3.38.